The number of aliphatic hydroxyl groups is 1. The van der Waals surface area contributed by atoms with E-state index in [9.17, 15) is 8.42 Å². The Kier molecular flexibility index (Phi) is 7.28. The number of rotatable bonds is 8. The molecule has 1 atom stereocenters. The highest BCUT2D eigenvalue weighted by Crippen LogP contribution is 2.15. The van der Waals surface area contributed by atoms with Crippen LogP contribution in [0.4, 0.5) is 0 Å². The molecular weight excluding hydrogens is 238 g/mol. The molecule has 0 saturated carbocycles. The van der Waals surface area contributed by atoms with Gasteiger partial charge >= 0.3 is 0 Å². The van der Waals surface area contributed by atoms with Gasteiger partial charge in [-0.15, -0.1) is 0 Å². The Morgan fingerprint density at radius 2 is 1.82 bits per heavy atom. The normalized spacial score (nSPS) is 14.9. The van der Waals surface area contributed by atoms with Gasteiger partial charge in [-0.1, -0.05) is 6.92 Å². The first-order chi connectivity index (χ1) is 7.70. The average molecular weight is 265 g/mol. The second kappa shape index (κ2) is 7.34. The smallest absolute Gasteiger partial charge is 0.156 e. The summed E-state index contributed by atoms with van der Waals surface area (Å²) in [5.41, 5.74) is 0. The van der Waals surface area contributed by atoms with Crippen LogP contribution in [-0.2, 0) is 9.84 Å². The Hall–Kier alpha value is -0.130. The van der Waals surface area contributed by atoms with E-state index in [4.69, 9.17) is 5.11 Å². The van der Waals surface area contributed by atoms with Crippen LogP contribution >= 0.6 is 0 Å². The molecule has 0 heterocycles. The number of hydrogen-bond donors (Lipinski definition) is 2. The van der Waals surface area contributed by atoms with Gasteiger partial charge in [0.25, 0.3) is 0 Å². The molecule has 0 radical (unpaired) electrons. The van der Waals surface area contributed by atoms with Gasteiger partial charge in [0, 0.05) is 13.2 Å². The van der Waals surface area contributed by atoms with E-state index in [2.05, 4.69) is 5.32 Å². The number of sulfone groups is 1. The summed E-state index contributed by atoms with van der Waals surface area (Å²) in [5.74, 6) is 0.515. The summed E-state index contributed by atoms with van der Waals surface area (Å²) >= 11 is 0. The zero-order chi connectivity index (χ0) is 13.5. The molecule has 0 aliphatic carbocycles. The van der Waals surface area contributed by atoms with Crippen LogP contribution in [0.2, 0.25) is 0 Å². The third-order valence-corrected chi connectivity index (χ3v) is 5.45. The summed E-state index contributed by atoms with van der Waals surface area (Å²) < 4.78 is 22.9. The highest BCUT2D eigenvalue weighted by molar-refractivity contribution is 7.92. The lowest BCUT2D eigenvalue weighted by Gasteiger charge is -2.19. The van der Waals surface area contributed by atoms with Crippen molar-refractivity contribution in [3.63, 3.8) is 0 Å². The minimum atomic E-state index is -3.01. The molecule has 0 spiro atoms. The van der Waals surface area contributed by atoms with Crippen molar-refractivity contribution in [2.45, 2.75) is 45.3 Å². The Labute approximate surface area is 106 Å². The van der Waals surface area contributed by atoms with Crippen molar-refractivity contribution in [1.82, 2.24) is 5.32 Å². The molecule has 0 aromatic carbocycles. The molecule has 0 saturated heterocycles. The molecule has 0 amide bonds. The Bertz CT molecular complexity index is 293. The maximum Gasteiger partial charge on any atom is 0.156 e. The Morgan fingerprint density at radius 1 is 1.24 bits per heavy atom. The quantitative estimate of drug-likeness (QED) is 0.647. The topological polar surface area (TPSA) is 66.4 Å². The van der Waals surface area contributed by atoms with Crippen LogP contribution < -0.4 is 5.32 Å². The monoisotopic (exact) mass is 265 g/mol. The number of nitrogens with one attached hydrogen (secondary N) is 1. The summed E-state index contributed by atoms with van der Waals surface area (Å²) in [6, 6.07) is 0. The fraction of sp³-hybridized carbons (Fsp3) is 1.00. The summed E-state index contributed by atoms with van der Waals surface area (Å²) in [4.78, 5) is 0. The maximum absolute atomic E-state index is 11.8. The van der Waals surface area contributed by atoms with E-state index in [1.54, 1.807) is 20.8 Å². The lowest BCUT2D eigenvalue weighted by atomic mass is 10.1. The van der Waals surface area contributed by atoms with Gasteiger partial charge in [-0.05, 0) is 46.1 Å². The summed E-state index contributed by atoms with van der Waals surface area (Å²) in [7, 11) is -3.01. The van der Waals surface area contributed by atoms with Gasteiger partial charge in [-0.2, -0.15) is 0 Å². The molecule has 1 unspecified atom stereocenters. The van der Waals surface area contributed by atoms with Gasteiger partial charge in [0.2, 0.25) is 0 Å². The van der Waals surface area contributed by atoms with Crippen LogP contribution in [0.5, 0.6) is 0 Å². The molecule has 104 valence electrons. The summed E-state index contributed by atoms with van der Waals surface area (Å²) in [6.45, 7) is 8.72. The largest absolute Gasteiger partial charge is 0.396 e. The van der Waals surface area contributed by atoms with Gasteiger partial charge in [0.1, 0.15) is 0 Å². The van der Waals surface area contributed by atoms with Gasteiger partial charge in [0.05, 0.1) is 10.5 Å². The molecule has 0 bridgehead atoms. The molecule has 4 nitrogen and oxygen atoms in total. The molecule has 5 heteroatoms. The highest BCUT2D eigenvalue weighted by Gasteiger charge is 2.27. The molecule has 17 heavy (non-hydrogen) atoms. The maximum atomic E-state index is 11.8. The van der Waals surface area contributed by atoms with Crippen LogP contribution in [0.1, 0.15) is 40.5 Å². The minimum Gasteiger partial charge on any atom is -0.396 e. The predicted octanol–water partition coefficient (Wildman–Crippen LogP) is 1.20. The van der Waals surface area contributed by atoms with Crippen molar-refractivity contribution in [3.05, 3.63) is 0 Å². The molecule has 0 fully saturated rings. The van der Waals surface area contributed by atoms with Crippen molar-refractivity contribution in [1.29, 1.82) is 0 Å². The van der Waals surface area contributed by atoms with E-state index in [0.29, 0.717) is 12.5 Å². The third kappa shape index (κ3) is 7.01. The van der Waals surface area contributed by atoms with Gasteiger partial charge in [-0.3, -0.25) is 0 Å². The molecule has 0 aromatic rings. The molecule has 0 aliphatic heterocycles. The van der Waals surface area contributed by atoms with Crippen molar-refractivity contribution in [2.24, 2.45) is 5.92 Å². The van der Waals surface area contributed by atoms with Crippen molar-refractivity contribution in [3.8, 4) is 0 Å². The summed E-state index contributed by atoms with van der Waals surface area (Å²) in [6.07, 6.45) is 1.94. The van der Waals surface area contributed by atoms with Crippen molar-refractivity contribution >= 4 is 9.84 Å². The molecule has 0 aliphatic rings. The van der Waals surface area contributed by atoms with E-state index in [0.717, 1.165) is 19.4 Å². The van der Waals surface area contributed by atoms with Gasteiger partial charge in [0.15, 0.2) is 9.84 Å². The second-order valence-electron chi connectivity index (χ2n) is 5.61. The van der Waals surface area contributed by atoms with Crippen molar-refractivity contribution < 1.29 is 13.5 Å². The average Bonchev–Trinajstić information content (AvgIpc) is 2.21. The van der Waals surface area contributed by atoms with E-state index in [1.165, 1.54) is 0 Å². The van der Waals surface area contributed by atoms with Crippen LogP contribution in [0.3, 0.4) is 0 Å². The molecule has 0 aromatic heterocycles. The van der Waals surface area contributed by atoms with E-state index in [-0.39, 0.29) is 12.4 Å². The van der Waals surface area contributed by atoms with Gasteiger partial charge in [-0.25, -0.2) is 8.42 Å². The standard InChI is InChI=1S/C12H27NO3S/c1-11(10-14)6-5-7-13-8-9-17(15,16)12(2,3)4/h11,13-14H,5-10H2,1-4H3. The fourth-order valence-electron chi connectivity index (χ4n) is 1.30. The van der Waals surface area contributed by atoms with E-state index < -0.39 is 14.6 Å². The first-order valence-electron chi connectivity index (χ1n) is 6.24. The van der Waals surface area contributed by atoms with E-state index in [1.807, 2.05) is 6.92 Å². The van der Waals surface area contributed by atoms with E-state index >= 15 is 0 Å². The van der Waals surface area contributed by atoms with Crippen LogP contribution in [0.15, 0.2) is 0 Å². The summed E-state index contributed by atoms with van der Waals surface area (Å²) in [5, 5.41) is 12.0. The zero-order valence-electron chi connectivity index (χ0n) is 11.5. The Balaban J connectivity index is 3.66. The zero-order valence-corrected chi connectivity index (χ0v) is 12.3. The lowest BCUT2D eigenvalue weighted by molar-refractivity contribution is 0.228. The van der Waals surface area contributed by atoms with Crippen LogP contribution in [0, 0.1) is 5.92 Å². The third-order valence-electron chi connectivity index (χ3n) is 2.84. The highest BCUT2D eigenvalue weighted by atomic mass is 32.2. The minimum absolute atomic E-state index is 0.187. The first kappa shape index (κ1) is 16.9. The lowest BCUT2D eigenvalue weighted by Crippen LogP contribution is -2.35. The van der Waals surface area contributed by atoms with Crippen LogP contribution in [0.25, 0.3) is 0 Å². The number of hydrogen-bond acceptors (Lipinski definition) is 4. The molecular formula is C12H27NO3S. The fourth-order valence-corrected chi connectivity index (χ4v) is 2.33. The number of aliphatic hydroxyl groups excluding tert-OH is 1. The predicted molar refractivity (Wildman–Crippen MR) is 71.9 cm³/mol. The van der Waals surface area contributed by atoms with Crippen LogP contribution in [-0.4, -0.2) is 43.7 Å². The second-order valence-corrected chi connectivity index (χ2v) is 8.47. The molecule has 2 N–H and O–H groups in total. The van der Waals surface area contributed by atoms with Crippen molar-refractivity contribution in [2.75, 3.05) is 25.4 Å². The van der Waals surface area contributed by atoms with Gasteiger partial charge < -0.3 is 10.4 Å². The Morgan fingerprint density at radius 3 is 2.29 bits per heavy atom. The first-order valence-corrected chi connectivity index (χ1v) is 7.90. The SMILES string of the molecule is CC(CO)CCCNCCS(=O)(=O)C(C)(C)C. The molecule has 0 rings (SSSR count).